The van der Waals surface area contributed by atoms with Gasteiger partial charge in [-0.25, -0.2) is 4.98 Å². The van der Waals surface area contributed by atoms with E-state index in [9.17, 15) is 0 Å². The van der Waals surface area contributed by atoms with E-state index in [0.717, 1.165) is 23.8 Å². The van der Waals surface area contributed by atoms with Gasteiger partial charge in [-0.2, -0.15) is 0 Å². The lowest BCUT2D eigenvalue weighted by atomic mass is 10.0. The maximum Gasteiger partial charge on any atom is 0.124 e. The van der Waals surface area contributed by atoms with E-state index >= 15 is 0 Å². The van der Waals surface area contributed by atoms with Gasteiger partial charge in [0.05, 0.1) is 16.9 Å². The third kappa shape index (κ3) is 4.47. The molecule has 0 fully saturated rings. The van der Waals surface area contributed by atoms with Crippen LogP contribution in [0.2, 0.25) is 0 Å². The number of halogens is 1. The topological polar surface area (TPSA) is 17.8 Å². The van der Waals surface area contributed by atoms with E-state index in [0.29, 0.717) is 5.88 Å². The van der Waals surface area contributed by atoms with Gasteiger partial charge in [0.2, 0.25) is 0 Å². The molecular weight excluding hydrogens is 280 g/mol. The molecule has 0 unspecified atom stereocenters. The first-order valence-corrected chi connectivity index (χ1v) is 8.67. The van der Waals surface area contributed by atoms with E-state index in [2.05, 4.69) is 48.5 Å². The Kier molecular flexibility index (Phi) is 6.10. The predicted molar refractivity (Wildman–Crippen MR) is 92.0 cm³/mol. The molecule has 0 atom stereocenters. The average molecular weight is 307 g/mol. The average Bonchev–Trinajstić information content (AvgIpc) is 2.79. The second kappa shape index (κ2) is 7.84. The number of hydrogen-bond donors (Lipinski definition) is 0. The van der Waals surface area contributed by atoms with Crippen LogP contribution in [0.25, 0.3) is 11.0 Å². The van der Waals surface area contributed by atoms with Crippen LogP contribution in [-0.2, 0) is 12.4 Å². The monoisotopic (exact) mass is 306 g/mol. The molecule has 116 valence electrons. The molecule has 0 aliphatic rings. The van der Waals surface area contributed by atoms with Gasteiger partial charge in [0.25, 0.3) is 0 Å². The predicted octanol–water partition coefficient (Wildman–Crippen LogP) is 5.69. The number of hydrogen-bond acceptors (Lipinski definition) is 1. The molecule has 2 rings (SSSR count). The van der Waals surface area contributed by atoms with Crippen molar-refractivity contribution in [2.75, 3.05) is 0 Å². The highest BCUT2D eigenvalue weighted by molar-refractivity contribution is 6.16. The zero-order valence-corrected chi connectivity index (χ0v) is 14.3. The highest BCUT2D eigenvalue weighted by atomic mass is 35.5. The summed E-state index contributed by atoms with van der Waals surface area (Å²) < 4.78 is 2.30. The molecule has 0 bridgehead atoms. The van der Waals surface area contributed by atoms with Crippen LogP contribution in [0.15, 0.2) is 18.2 Å². The lowest BCUT2D eigenvalue weighted by Gasteiger charge is -2.08. The molecule has 21 heavy (non-hydrogen) atoms. The molecule has 1 aromatic carbocycles. The number of fused-ring (bicyclic) bond motifs is 1. The number of nitrogens with zero attached hydrogens (tertiary/aromatic N) is 2. The summed E-state index contributed by atoms with van der Waals surface area (Å²) in [6.07, 6.45) is 6.53. The summed E-state index contributed by atoms with van der Waals surface area (Å²) in [5.41, 5.74) is 3.55. The second-order valence-corrected chi connectivity index (χ2v) is 6.67. The third-order valence-electron chi connectivity index (χ3n) is 4.02. The zero-order chi connectivity index (χ0) is 15.2. The second-order valence-electron chi connectivity index (χ2n) is 6.40. The van der Waals surface area contributed by atoms with E-state index in [1.54, 1.807) is 0 Å². The number of benzene rings is 1. The molecule has 0 saturated carbocycles. The number of aromatic nitrogens is 2. The number of alkyl halides is 1. The van der Waals surface area contributed by atoms with Crippen molar-refractivity contribution in [3.63, 3.8) is 0 Å². The number of unbranched alkanes of at least 4 members (excludes halogenated alkanes) is 3. The Balaban J connectivity index is 1.94. The van der Waals surface area contributed by atoms with Crippen molar-refractivity contribution in [2.45, 2.75) is 65.3 Å². The minimum absolute atomic E-state index is 0.487. The lowest BCUT2D eigenvalue weighted by molar-refractivity contribution is 0.505. The van der Waals surface area contributed by atoms with Crippen LogP contribution in [0.5, 0.6) is 0 Å². The van der Waals surface area contributed by atoms with E-state index < -0.39 is 0 Å². The van der Waals surface area contributed by atoms with Crippen LogP contribution in [0.3, 0.4) is 0 Å². The normalized spacial score (nSPS) is 11.7. The molecule has 0 radical (unpaired) electrons. The molecule has 1 heterocycles. The van der Waals surface area contributed by atoms with E-state index in [-0.39, 0.29) is 0 Å². The van der Waals surface area contributed by atoms with Crippen LogP contribution < -0.4 is 0 Å². The summed E-state index contributed by atoms with van der Waals surface area (Å²) in [6.45, 7) is 7.73. The van der Waals surface area contributed by atoms with Crippen molar-refractivity contribution < 1.29 is 0 Å². The maximum atomic E-state index is 6.06. The first kappa shape index (κ1) is 16.4. The van der Waals surface area contributed by atoms with Crippen LogP contribution in [0, 0.1) is 12.8 Å². The number of rotatable bonds is 8. The first-order chi connectivity index (χ1) is 10.1. The van der Waals surface area contributed by atoms with Gasteiger partial charge in [0.1, 0.15) is 5.82 Å². The Labute approximate surface area is 133 Å². The minimum atomic E-state index is 0.487. The maximum absolute atomic E-state index is 6.06. The third-order valence-corrected chi connectivity index (χ3v) is 4.25. The van der Waals surface area contributed by atoms with Crippen molar-refractivity contribution >= 4 is 22.6 Å². The fraction of sp³-hybridized carbons (Fsp3) is 0.611. The van der Waals surface area contributed by atoms with E-state index in [1.807, 2.05) is 0 Å². The van der Waals surface area contributed by atoms with Gasteiger partial charge in [-0.1, -0.05) is 45.6 Å². The molecule has 2 aromatic rings. The van der Waals surface area contributed by atoms with Gasteiger partial charge >= 0.3 is 0 Å². The van der Waals surface area contributed by atoms with E-state index in [4.69, 9.17) is 11.6 Å². The summed E-state index contributed by atoms with van der Waals surface area (Å²) in [7, 11) is 0. The van der Waals surface area contributed by atoms with Crippen LogP contribution in [0.1, 0.15) is 57.3 Å². The Hall–Kier alpha value is -1.02. The van der Waals surface area contributed by atoms with Crippen molar-refractivity contribution in [2.24, 2.45) is 5.92 Å². The lowest BCUT2D eigenvalue weighted by Crippen LogP contribution is -2.02. The molecule has 0 saturated heterocycles. The van der Waals surface area contributed by atoms with Crippen molar-refractivity contribution in [1.82, 2.24) is 9.55 Å². The Morgan fingerprint density at radius 2 is 1.90 bits per heavy atom. The summed E-state index contributed by atoms with van der Waals surface area (Å²) in [5, 5.41) is 0. The molecular formula is C18H27ClN2. The molecule has 1 aromatic heterocycles. The fourth-order valence-electron chi connectivity index (χ4n) is 2.82. The SMILES string of the molecule is Cc1ccc2c(c1)nc(CCl)n2CCCCCCC(C)C. The highest BCUT2D eigenvalue weighted by Gasteiger charge is 2.09. The quantitative estimate of drug-likeness (QED) is 0.452. The summed E-state index contributed by atoms with van der Waals surface area (Å²) in [4.78, 5) is 4.66. The fourth-order valence-corrected chi connectivity index (χ4v) is 3.02. The standard InChI is InChI=1S/C18H27ClN2/c1-14(2)8-6-4-5-7-11-21-17-10-9-15(3)12-16(17)20-18(21)13-19/h9-10,12,14H,4-8,11,13H2,1-3H3. The van der Waals surface area contributed by atoms with E-state index in [1.165, 1.54) is 43.2 Å². The van der Waals surface area contributed by atoms with Crippen molar-refractivity contribution in [1.29, 1.82) is 0 Å². The van der Waals surface area contributed by atoms with Gasteiger partial charge in [0.15, 0.2) is 0 Å². The van der Waals surface area contributed by atoms with Crippen LogP contribution in [0.4, 0.5) is 0 Å². The highest BCUT2D eigenvalue weighted by Crippen LogP contribution is 2.20. The molecule has 3 heteroatoms. The molecule has 0 N–H and O–H groups in total. The Morgan fingerprint density at radius 3 is 2.62 bits per heavy atom. The van der Waals surface area contributed by atoms with Gasteiger partial charge in [-0.3, -0.25) is 0 Å². The largest absolute Gasteiger partial charge is 0.327 e. The number of aryl methyl sites for hydroxylation is 2. The van der Waals surface area contributed by atoms with Gasteiger partial charge < -0.3 is 4.57 Å². The summed E-state index contributed by atoms with van der Waals surface area (Å²) in [5.74, 6) is 2.31. The Morgan fingerprint density at radius 1 is 1.14 bits per heavy atom. The number of imidazole rings is 1. The smallest absolute Gasteiger partial charge is 0.124 e. The van der Waals surface area contributed by atoms with Crippen molar-refractivity contribution in [3.8, 4) is 0 Å². The zero-order valence-electron chi connectivity index (χ0n) is 13.5. The van der Waals surface area contributed by atoms with Crippen LogP contribution >= 0.6 is 11.6 Å². The summed E-state index contributed by atoms with van der Waals surface area (Å²) >= 11 is 6.06. The van der Waals surface area contributed by atoms with Gasteiger partial charge in [0, 0.05) is 6.54 Å². The first-order valence-electron chi connectivity index (χ1n) is 8.13. The van der Waals surface area contributed by atoms with Crippen LogP contribution in [-0.4, -0.2) is 9.55 Å². The Bertz CT molecular complexity index is 572. The minimum Gasteiger partial charge on any atom is -0.327 e. The molecule has 0 aliphatic carbocycles. The molecule has 0 amide bonds. The molecule has 0 aliphatic heterocycles. The van der Waals surface area contributed by atoms with Crippen molar-refractivity contribution in [3.05, 3.63) is 29.6 Å². The summed E-state index contributed by atoms with van der Waals surface area (Å²) in [6, 6.07) is 6.47. The van der Waals surface area contributed by atoms with Gasteiger partial charge in [-0.15, -0.1) is 11.6 Å². The molecule has 2 nitrogen and oxygen atoms in total. The van der Waals surface area contributed by atoms with Gasteiger partial charge in [-0.05, 0) is 37.0 Å². The molecule has 0 spiro atoms.